The maximum Gasteiger partial charge on any atom is 0.224 e. The Morgan fingerprint density at radius 3 is 2.65 bits per heavy atom. The minimum atomic E-state index is 0.0598. The molecule has 0 aliphatic carbocycles. The van der Waals surface area contributed by atoms with Crippen LogP contribution >= 0.6 is 0 Å². The summed E-state index contributed by atoms with van der Waals surface area (Å²) in [5.41, 5.74) is 2.87. The lowest BCUT2D eigenvalue weighted by molar-refractivity contribution is -0.116. The van der Waals surface area contributed by atoms with Crippen molar-refractivity contribution in [2.75, 3.05) is 25.0 Å². The zero-order valence-electron chi connectivity index (χ0n) is 14.7. The molecule has 0 bridgehead atoms. The molecule has 126 valence electrons. The van der Waals surface area contributed by atoms with E-state index < -0.39 is 0 Å². The molecule has 5 heteroatoms. The van der Waals surface area contributed by atoms with Gasteiger partial charge < -0.3 is 14.8 Å². The third-order valence-corrected chi connectivity index (χ3v) is 4.28. The lowest BCUT2D eigenvalue weighted by Gasteiger charge is -2.17. The normalized spacial score (nSPS) is 11.3. The quantitative estimate of drug-likeness (QED) is 0.813. The van der Waals surface area contributed by atoms with E-state index in [1.165, 1.54) is 0 Å². The van der Waals surface area contributed by atoms with Crippen LogP contribution < -0.4 is 5.32 Å². The van der Waals surface area contributed by atoms with Crippen LogP contribution in [0.15, 0.2) is 18.2 Å². The van der Waals surface area contributed by atoms with Gasteiger partial charge >= 0.3 is 0 Å². The Kier molecular flexibility index (Phi) is 6.16. The van der Waals surface area contributed by atoms with Gasteiger partial charge in [-0.15, -0.1) is 0 Å². The summed E-state index contributed by atoms with van der Waals surface area (Å²) in [6.45, 7) is 9.52. The number of anilines is 1. The van der Waals surface area contributed by atoms with E-state index in [1.807, 2.05) is 25.1 Å². The van der Waals surface area contributed by atoms with E-state index in [9.17, 15) is 4.79 Å². The zero-order chi connectivity index (χ0) is 16.8. The molecule has 0 unspecified atom stereocenters. The van der Waals surface area contributed by atoms with Crippen molar-refractivity contribution in [1.82, 2.24) is 14.5 Å². The number of amides is 1. The van der Waals surface area contributed by atoms with Crippen molar-refractivity contribution in [3.8, 4) is 0 Å². The van der Waals surface area contributed by atoms with Gasteiger partial charge in [-0.1, -0.05) is 20.8 Å². The molecule has 1 aromatic heterocycles. The minimum Gasteiger partial charge on any atom is -0.331 e. The Morgan fingerprint density at radius 1 is 1.26 bits per heavy atom. The molecule has 0 fully saturated rings. The average molecular weight is 316 g/mol. The highest BCUT2D eigenvalue weighted by atomic mass is 16.1. The highest BCUT2D eigenvalue weighted by molar-refractivity contribution is 5.93. The second kappa shape index (κ2) is 8.11. The van der Waals surface area contributed by atoms with Gasteiger partial charge in [0.1, 0.15) is 5.82 Å². The molecule has 0 saturated carbocycles. The lowest BCUT2D eigenvalue weighted by Crippen LogP contribution is -2.26. The molecule has 2 aromatic rings. The van der Waals surface area contributed by atoms with Crippen LogP contribution in [-0.2, 0) is 18.3 Å². The number of fused-ring (bicyclic) bond motifs is 1. The Hall–Kier alpha value is -1.88. The number of nitrogens with zero attached hydrogens (tertiary/aromatic N) is 3. The minimum absolute atomic E-state index is 0.0598. The van der Waals surface area contributed by atoms with Gasteiger partial charge in [-0.25, -0.2) is 4.98 Å². The summed E-state index contributed by atoms with van der Waals surface area (Å²) in [5.74, 6) is 1.15. The Labute approximate surface area is 138 Å². The number of imidazole rings is 1. The van der Waals surface area contributed by atoms with Gasteiger partial charge in [0.15, 0.2) is 0 Å². The summed E-state index contributed by atoms with van der Waals surface area (Å²) in [5, 5.41) is 2.94. The van der Waals surface area contributed by atoms with Gasteiger partial charge in [-0.2, -0.15) is 0 Å². The first kappa shape index (κ1) is 17.5. The standard InChI is InChI=1S/C18H28N4O/c1-5-8-18(23)19-14-9-10-16-15(13-14)20-17(21(16)4)11-12-22(6-2)7-3/h9-10,13H,5-8,11-12H2,1-4H3,(H,19,23). The Balaban J connectivity index is 2.15. The summed E-state index contributed by atoms with van der Waals surface area (Å²) < 4.78 is 2.15. The Bertz CT molecular complexity index is 658. The van der Waals surface area contributed by atoms with Crippen LogP contribution in [0.3, 0.4) is 0 Å². The fourth-order valence-corrected chi connectivity index (χ4v) is 2.80. The number of hydrogen-bond acceptors (Lipinski definition) is 3. The van der Waals surface area contributed by atoms with Crippen LogP contribution in [-0.4, -0.2) is 40.0 Å². The third kappa shape index (κ3) is 4.32. The smallest absolute Gasteiger partial charge is 0.224 e. The van der Waals surface area contributed by atoms with Crippen molar-refractivity contribution in [2.24, 2.45) is 7.05 Å². The molecule has 23 heavy (non-hydrogen) atoms. The van der Waals surface area contributed by atoms with Crippen molar-refractivity contribution < 1.29 is 4.79 Å². The number of aromatic nitrogens is 2. The van der Waals surface area contributed by atoms with E-state index in [0.29, 0.717) is 6.42 Å². The van der Waals surface area contributed by atoms with Gasteiger partial charge in [-0.3, -0.25) is 4.79 Å². The molecule has 1 N–H and O–H groups in total. The first-order chi connectivity index (χ1) is 11.1. The van der Waals surface area contributed by atoms with Crippen molar-refractivity contribution >= 4 is 22.6 Å². The van der Waals surface area contributed by atoms with E-state index >= 15 is 0 Å². The first-order valence-electron chi connectivity index (χ1n) is 8.56. The van der Waals surface area contributed by atoms with Crippen LogP contribution in [0.25, 0.3) is 11.0 Å². The maximum atomic E-state index is 11.7. The third-order valence-electron chi connectivity index (χ3n) is 4.28. The molecule has 2 rings (SSSR count). The van der Waals surface area contributed by atoms with Gasteiger partial charge in [0.25, 0.3) is 0 Å². The van der Waals surface area contributed by atoms with Crippen molar-refractivity contribution in [2.45, 2.75) is 40.0 Å². The monoisotopic (exact) mass is 316 g/mol. The van der Waals surface area contributed by atoms with Crippen LogP contribution in [0.4, 0.5) is 5.69 Å². The molecule has 0 aliphatic rings. The molecule has 0 saturated heterocycles. The summed E-state index contributed by atoms with van der Waals surface area (Å²) in [6, 6.07) is 5.94. The summed E-state index contributed by atoms with van der Waals surface area (Å²) in [7, 11) is 2.06. The first-order valence-corrected chi connectivity index (χ1v) is 8.56. The SMILES string of the molecule is CCCC(=O)Nc1ccc2c(c1)nc(CCN(CC)CC)n2C. The molecule has 0 radical (unpaired) electrons. The number of rotatable bonds is 8. The zero-order valence-corrected chi connectivity index (χ0v) is 14.7. The largest absolute Gasteiger partial charge is 0.331 e. The van der Waals surface area contributed by atoms with E-state index in [4.69, 9.17) is 4.98 Å². The lowest BCUT2D eigenvalue weighted by atomic mass is 10.2. The number of aryl methyl sites for hydroxylation is 1. The molecule has 0 aliphatic heterocycles. The molecule has 0 atom stereocenters. The number of benzene rings is 1. The van der Waals surface area contributed by atoms with E-state index in [2.05, 4.69) is 35.7 Å². The van der Waals surface area contributed by atoms with E-state index in [0.717, 1.165) is 55.0 Å². The molecular weight excluding hydrogens is 288 g/mol. The molecule has 1 amide bonds. The number of likely N-dealkylation sites (N-methyl/N-ethyl adjacent to an activating group) is 1. The van der Waals surface area contributed by atoms with E-state index in [1.54, 1.807) is 0 Å². The predicted molar refractivity (Wildman–Crippen MR) is 95.7 cm³/mol. The van der Waals surface area contributed by atoms with Crippen molar-refractivity contribution in [3.63, 3.8) is 0 Å². The number of hydrogen-bond donors (Lipinski definition) is 1. The summed E-state index contributed by atoms with van der Waals surface area (Å²) in [6.07, 6.45) is 2.34. The van der Waals surface area contributed by atoms with Gasteiger partial charge in [0, 0.05) is 32.1 Å². The highest BCUT2D eigenvalue weighted by Gasteiger charge is 2.10. The number of carbonyl (C=O) groups excluding carboxylic acids is 1. The molecular formula is C18H28N4O. The molecule has 0 spiro atoms. The predicted octanol–water partition coefficient (Wildman–Crippen LogP) is 3.20. The van der Waals surface area contributed by atoms with E-state index in [-0.39, 0.29) is 5.91 Å². The average Bonchev–Trinajstić information content (AvgIpc) is 2.84. The topological polar surface area (TPSA) is 50.2 Å². The molecule has 1 aromatic carbocycles. The fraction of sp³-hybridized carbons (Fsp3) is 0.556. The summed E-state index contributed by atoms with van der Waals surface area (Å²) in [4.78, 5) is 18.9. The van der Waals surface area contributed by atoms with Gasteiger partial charge in [0.05, 0.1) is 11.0 Å². The molecule has 5 nitrogen and oxygen atoms in total. The highest BCUT2D eigenvalue weighted by Crippen LogP contribution is 2.20. The van der Waals surface area contributed by atoms with Crippen molar-refractivity contribution in [3.05, 3.63) is 24.0 Å². The van der Waals surface area contributed by atoms with Crippen LogP contribution in [0.2, 0.25) is 0 Å². The Morgan fingerprint density at radius 2 is 2.00 bits per heavy atom. The second-order valence-corrected chi connectivity index (χ2v) is 5.87. The fourth-order valence-electron chi connectivity index (χ4n) is 2.80. The van der Waals surface area contributed by atoms with Crippen LogP contribution in [0.5, 0.6) is 0 Å². The number of carbonyl (C=O) groups is 1. The summed E-state index contributed by atoms with van der Waals surface area (Å²) >= 11 is 0. The van der Waals surface area contributed by atoms with Gasteiger partial charge in [-0.05, 0) is 37.7 Å². The van der Waals surface area contributed by atoms with Crippen LogP contribution in [0, 0.1) is 0 Å². The number of nitrogens with one attached hydrogen (secondary N) is 1. The van der Waals surface area contributed by atoms with Crippen LogP contribution in [0.1, 0.15) is 39.4 Å². The maximum absolute atomic E-state index is 11.7. The van der Waals surface area contributed by atoms with Gasteiger partial charge in [0.2, 0.25) is 5.91 Å². The van der Waals surface area contributed by atoms with Crippen molar-refractivity contribution in [1.29, 1.82) is 0 Å². The molecule has 1 heterocycles. The second-order valence-electron chi connectivity index (χ2n) is 5.87.